The van der Waals surface area contributed by atoms with E-state index in [0.29, 0.717) is 41.3 Å². The number of thioether (sulfide) groups is 1. The molecule has 0 saturated heterocycles. The minimum atomic E-state index is -0.553. The van der Waals surface area contributed by atoms with Gasteiger partial charge < -0.3 is 10.5 Å². The smallest absolute Gasteiger partial charge is 0.162 e. The van der Waals surface area contributed by atoms with Gasteiger partial charge in [-0.15, -0.1) is 11.8 Å². The minimum absolute atomic E-state index is 0.0446. The molecule has 1 heterocycles. The number of methoxy groups -OCH3 is 1. The normalized spacial score (nSPS) is 18.3. The average molecular weight is 568 g/mol. The lowest BCUT2D eigenvalue weighted by Gasteiger charge is -2.44. The summed E-state index contributed by atoms with van der Waals surface area (Å²) >= 11 is 1.63. The number of nitrogens with zero attached hydrogens (tertiary/aromatic N) is 2. The zero-order valence-corrected chi connectivity index (χ0v) is 24.9. The molecule has 41 heavy (non-hydrogen) atoms. The highest BCUT2D eigenvalue weighted by atomic mass is 32.2. The van der Waals surface area contributed by atoms with E-state index in [1.165, 1.54) is 12.1 Å². The van der Waals surface area contributed by atoms with E-state index in [4.69, 9.17) is 10.5 Å². The van der Waals surface area contributed by atoms with Gasteiger partial charge in [0.1, 0.15) is 17.4 Å². The molecule has 1 atom stereocenters. The molecule has 0 saturated carbocycles. The predicted octanol–water partition coefficient (Wildman–Crippen LogP) is 7.68. The van der Waals surface area contributed by atoms with Crippen LogP contribution in [0.1, 0.15) is 54.9 Å². The third-order valence-corrected chi connectivity index (χ3v) is 8.99. The van der Waals surface area contributed by atoms with Crippen LogP contribution >= 0.6 is 11.8 Å². The van der Waals surface area contributed by atoms with Gasteiger partial charge in [-0.2, -0.15) is 5.26 Å². The highest BCUT2D eigenvalue weighted by Gasteiger charge is 2.45. The number of anilines is 1. The zero-order chi connectivity index (χ0) is 29.5. The number of rotatable bonds is 6. The summed E-state index contributed by atoms with van der Waals surface area (Å²) in [5.74, 6) is 0.954. The predicted molar refractivity (Wildman–Crippen MR) is 162 cm³/mol. The zero-order valence-electron chi connectivity index (χ0n) is 24.0. The maximum atomic E-state index is 14.0. The van der Waals surface area contributed by atoms with Crippen LogP contribution < -0.4 is 15.4 Å². The number of carbonyl (C=O) groups is 1. The largest absolute Gasteiger partial charge is 0.497 e. The maximum Gasteiger partial charge on any atom is 0.162 e. The van der Waals surface area contributed by atoms with Crippen LogP contribution in [0.5, 0.6) is 5.75 Å². The first-order valence-electron chi connectivity index (χ1n) is 13.6. The Morgan fingerprint density at radius 2 is 1.78 bits per heavy atom. The number of benzene rings is 3. The third kappa shape index (κ3) is 5.49. The number of ketones is 1. The van der Waals surface area contributed by atoms with E-state index < -0.39 is 5.92 Å². The molecule has 0 bridgehead atoms. The molecule has 0 spiro atoms. The van der Waals surface area contributed by atoms with E-state index in [9.17, 15) is 14.4 Å². The summed E-state index contributed by atoms with van der Waals surface area (Å²) in [6.45, 7) is 8.27. The van der Waals surface area contributed by atoms with Crippen LogP contribution in [0.2, 0.25) is 0 Å². The Hall–Kier alpha value is -4.02. The highest BCUT2D eigenvalue weighted by Crippen LogP contribution is 2.51. The van der Waals surface area contributed by atoms with E-state index in [1.54, 1.807) is 31.0 Å². The van der Waals surface area contributed by atoms with Crippen molar-refractivity contribution in [2.24, 2.45) is 11.1 Å². The first-order valence-corrected chi connectivity index (χ1v) is 14.6. The molecule has 1 aliphatic carbocycles. The number of nitriles is 1. The molecule has 1 aliphatic heterocycles. The Bertz CT molecular complexity index is 1620. The summed E-state index contributed by atoms with van der Waals surface area (Å²) in [4.78, 5) is 16.8. The Morgan fingerprint density at radius 3 is 2.41 bits per heavy atom. The molecule has 2 N–H and O–H groups in total. The van der Waals surface area contributed by atoms with Crippen molar-refractivity contribution in [1.29, 1.82) is 5.26 Å². The number of halogens is 1. The number of aryl methyl sites for hydroxylation is 1. The molecule has 0 radical (unpaired) electrons. The van der Waals surface area contributed by atoms with E-state index in [-0.39, 0.29) is 17.0 Å². The number of carbonyl (C=O) groups excluding carboxylic acids is 1. The Kier molecular flexibility index (Phi) is 7.72. The summed E-state index contributed by atoms with van der Waals surface area (Å²) in [6.07, 6.45) is 1.05. The van der Waals surface area contributed by atoms with Gasteiger partial charge >= 0.3 is 0 Å². The van der Waals surface area contributed by atoms with Crippen LogP contribution in [0, 0.1) is 36.4 Å². The van der Waals surface area contributed by atoms with Crippen molar-refractivity contribution in [3.63, 3.8) is 0 Å². The molecule has 210 valence electrons. The second-order valence-corrected chi connectivity index (χ2v) is 12.6. The molecule has 0 fully saturated rings. The summed E-state index contributed by atoms with van der Waals surface area (Å²) < 4.78 is 18.8. The monoisotopic (exact) mass is 567 g/mol. The number of ether oxygens (including phenoxy) is 1. The van der Waals surface area contributed by atoms with Gasteiger partial charge in [0.05, 0.1) is 24.7 Å². The lowest BCUT2D eigenvalue weighted by molar-refractivity contribution is -0.118. The highest BCUT2D eigenvalue weighted by molar-refractivity contribution is 7.98. The number of Topliss-reactive ketones (excluding diaryl/α,β-unsaturated/α-hetero) is 1. The van der Waals surface area contributed by atoms with Gasteiger partial charge in [0.15, 0.2) is 5.78 Å². The average Bonchev–Trinajstić information content (AvgIpc) is 2.93. The standard InChI is InChI=1S/C34H34FN3O2S/c1-20-14-22(19-41-26-12-6-23(35)7-13-26)21(2)27(15-20)31-28(18-36)33(37)38(24-8-10-25(40-5)11-9-24)29-16-34(3,4)17-30(39)32(29)31/h6-15,31H,16-17,19,37H2,1-5H3. The van der Waals surface area contributed by atoms with Gasteiger partial charge in [0.2, 0.25) is 0 Å². The molecule has 0 amide bonds. The van der Waals surface area contributed by atoms with E-state index in [0.717, 1.165) is 38.5 Å². The number of hydrogen-bond donors (Lipinski definition) is 1. The quantitative estimate of drug-likeness (QED) is 0.308. The maximum absolute atomic E-state index is 14.0. The molecule has 5 nitrogen and oxygen atoms in total. The fraction of sp³-hybridized carbons (Fsp3) is 0.294. The summed E-state index contributed by atoms with van der Waals surface area (Å²) in [7, 11) is 1.61. The van der Waals surface area contributed by atoms with Crippen LogP contribution in [-0.4, -0.2) is 12.9 Å². The second-order valence-electron chi connectivity index (χ2n) is 11.6. The first kappa shape index (κ1) is 28.5. The van der Waals surface area contributed by atoms with Crippen molar-refractivity contribution in [3.8, 4) is 11.8 Å². The molecule has 2 aliphatic rings. The van der Waals surface area contributed by atoms with Gasteiger partial charge in [-0.1, -0.05) is 31.5 Å². The second kappa shape index (κ2) is 11.1. The third-order valence-electron chi connectivity index (χ3n) is 7.93. The molecular weight excluding hydrogens is 533 g/mol. The van der Waals surface area contributed by atoms with Crippen molar-refractivity contribution in [1.82, 2.24) is 0 Å². The Morgan fingerprint density at radius 1 is 1.10 bits per heavy atom. The van der Waals surface area contributed by atoms with E-state index in [2.05, 4.69) is 32.0 Å². The summed E-state index contributed by atoms with van der Waals surface area (Å²) in [6, 6.07) is 20.6. The lowest BCUT2D eigenvalue weighted by atomic mass is 9.68. The van der Waals surface area contributed by atoms with Crippen LogP contribution in [0.4, 0.5) is 10.1 Å². The molecular formula is C34H34FN3O2S. The fourth-order valence-corrected chi connectivity index (χ4v) is 6.90. The van der Waals surface area contributed by atoms with Gasteiger partial charge in [-0.3, -0.25) is 9.69 Å². The number of nitrogens with two attached hydrogens (primary N) is 1. The lowest BCUT2D eigenvalue weighted by Crippen LogP contribution is -2.42. The molecule has 3 aromatic rings. The van der Waals surface area contributed by atoms with Gasteiger partial charge in [0, 0.05) is 34.0 Å². The van der Waals surface area contributed by atoms with Crippen molar-refractivity contribution >= 4 is 23.2 Å². The van der Waals surface area contributed by atoms with Gasteiger partial charge in [-0.25, -0.2) is 4.39 Å². The Balaban J connectivity index is 1.65. The SMILES string of the molecule is COc1ccc(N2C(N)=C(C#N)C(c3cc(C)cc(CSc4ccc(F)cc4)c3C)C3=C2CC(C)(C)CC3=O)cc1. The Labute approximate surface area is 245 Å². The van der Waals surface area contributed by atoms with E-state index in [1.807, 2.05) is 43.0 Å². The van der Waals surface area contributed by atoms with Crippen LogP contribution in [-0.2, 0) is 10.5 Å². The van der Waals surface area contributed by atoms with Crippen molar-refractivity contribution in [3.05, 3.63) is 111 Å². The molecule has 1 unspecified atom stereocenters. The number of hydrogen-bond acceptors (Lipinski definition) is 6. The molecule has 7 heteroatoms. The van der Waals surface area contributed by atoms with Gasteiger partial charge in [0.25, 0.3) is 0 Å². The van der Waals surface area contributed by atoms with Crippen LogP contribution in [0.3, 0.4) is 0 Å². The fourth-order valence-electron chi connectivity index (χ4n) is 5.95. The van der Waals surface area contributed by atoms with Gasteiger partial charge in [-0.05, 0) is 90.9 Å². The van der Waals surface area contributed by atoms with Crippen molar-refractivity contribution in [2.75, 3.05) is 12.0 Å². The van der Waals surface area contributed by atoms with Crippen molar-refractivity contribution in [2.45, 2.75) is 57.1 Å². The van der Waals surface area contributed by atoms with E-state index >= 15 is 0 Å². The topological polar surface area (TPSA) is 79.3 Å². The summed E-state index contributed by atoms with van der Waals surface area (Å²) in [5, 5.41) is 10.5. The minimum Gasteiger partial charge on any atom is -0.497 e. The molecule has 5 rings (SSSR count). The molecule has 0 aromatic heterocycles. The van der Waals surface area contributed by atoms with Crippen LogP contribution in [0.25, 0.3) is 0 Å². The van der Waals surface area contributed by atoms with Crippen molar-refractivity contribution < 1.29 is 13.9 Å². The molecule has 3 aromatic carbocycles. The first-order chi connectivity index (χ1) is 19.5. The van der Waals surface area contributed by atoms with Crippen LogP contribution in [0.15, 0.2) is 88.2 Å². The number of allylic oxidation sites excluding steroid dienone is 3. The summed E-state index contributed by atoms with van der Waals surface area (Å²) in [5.41, 5.74) is 13.3.